The number of benzene rings is 3. The predicted molar refractivity (Wildman–Crippen MR) is 166 cm³/mol. The van der Waals surface area contributed by atoms with Crippen LogP contribution in [0.5, 0.6) is 5.75 Å². The molecule has 1 aliphatic heterocycles. The van der Waals surface area contributed by atoms with Crippen LogP contribution in [0.1, 0.15) is 52.1 Å². The minimum Gasteiger partial charge on any atom is -0.489 e. The lowest BCUT2D eigenvalue weighted by Gasteiger charge is -2.41. The molecule has 0 unspecified atom stereocenters. The summed E-state index contributed by atoms with van der Waals surface area (Å²) in [5.41, 5.74) is 4.58. The zero-order valence-corrected chi connectivity index (χ0v) is 25.5. The van der Waals surface area contributed by atoms with Crippen molar-refractivity contribution >= 4 is 68.1 Å². The lowest BCUT2D eigenvalue weighted by atomic mass is 9.90. The zero-order chi connectivity index (χ0) is 29.0. The van der Waals surface area contributed by atoms with Crippen molar-refractivity contribution in [1.29, 1.82) is 0 Å². The van der Waals surface area contributed by atoms with Crippen molar-refractivity contribution in [2.75, 3.05) is 25.1 Å². The van der Waals surface area contributed by atoms with Gasteiger partial charge in [-0.2, -0.15) is 4.37 Å². The van der Waals surface area contributed by atoms with E-state index < -0.39 is 5.97 Å². The summed E-state index contributed by atoms with van der Waals surface area (Å²) in [6.45, 7) is 1.88. The summed E-state index contributed by atoms with van der Waals surface area (Å²) in [4.78, 5) is 14.4. The largest absolute Gasteiger partial charge is 0.489 e. The molecule has 42 heavy (non-hydrogen) atoms. The van der Waals surface area contributed by atoms with Gasteiger partial charge in [0.05, 0.1) is 27.4 Å². The summed E-state index contributed by atoms with van der Waals surface area (Å²) < 4.78 is 22.1. The predicted octanol–water partition coefficient (Wildman–Crippen LogP) is 8.76. The number of nitrogens with zero attached hydrogens (tertiary/aromatic N) is 3. The third kappa shape index (κ3) is 5.00. The number of esters is 1. The molecule has 0 amide bonds. The Morgan fingerprint density at radius 3 is 2.52 bits per heavy atom. The first-order chi connectivity index (χ1) is 20.4. The Morgan fingerprint density at radius 1 is 1.02 bits per heavy atom. The van der Waals surface area contributed by atoms with Crippen LogP contribution < -0.4 is 9.64 Å². The molecule has 0 radical (unpaired) electrons. The van der Waals surface area contributed by atoms with Crippen LogP contribution in [0.25, 0.3) is 21.3 Å². The summed E-state index contributed by atoms with van der Waals surface area (Å²) >= 11 is 21.0. The van der Waals surface area contributed by atoms with Crippen LogP contribution in [-0.2, 0) is 11.3 Å². The van der Waals surface area contributed by atoms with Gasteiger partial charge >= 0.3 is 5.97 Å². The molecule has 1 saturated carbocycles. The smallest absolute Gasteiger partial charge is 0.358 e. The molecule has 2 aliphatic rings. The first kappa shape index (κ1) is 27.5. The molecule has 5 aromatic rings. The van der Waals surface area contributed by atoms with Crippen molar-refractivity contribution in [2.24, 2.45) is 0 Å². The van der Waals surface area contributed by atoms with Gasteiger partial charge in [0.2, 0.25) is 0 Å². The number of ether oxygens (including phenoxy) is 2. The fraction of sp³-hybridized carbons (Fsp3) is 0.258. The Kier molecular flexibility index (Phi) is 7.26. The number of methoxy groups -OCH3 is 1. The van der Waals surface area contributed by atoms with E-state index in [-0.39, 0.29) is 12.5 Å². The Bertz CT molecular complexity index is 1810. The third-order valence-corrected chi connectivity index (χ3v) is 9.62. The van der Waals surface area contributed by atoms with Gasteiger partial charge in [-0.15, -0.1) is 0 Å². The monoisotopic (exact) mass is 639 g/mol. The molecular formula is C31H24Cl3N3O4S. The molecule has 0 bridgehead atoms. The van der Waals surface area contributed by atoms with Crippen molar-refractivity contribution in [3.05, 3.63) is 92.2 Å². The number of hydrogen-bond acceptors (Lipinski definition) is 8. The average Bonchev–Trinajstić information content (AvgIpc) is 3.59. The molecule has 3 aromatic carbocycles. The molecule has 0 atom stereocenters. The van der Waals surface area contributed by atoms with E-state index in [1.807, 2.05) is 30.3 Å². The number of hydrogen-bond donors (Lipinski definition) is 0. The van der Waals surface area contributed by atoms with Gasteiger partial charge < -0.3 is 18.9 Å². The van der Waals surface area contributed by atoms with Gasteiger partial charge in [0, 0.05) is 46.6 Å². The van der Waals surface area contributed by atoms with Gasteiger partial charge in [-0.25, -0.2) is 4.79 Å². The second-order valence-corrected chi connectivity index (χ2v) is 12.5. The third-order valence-electron chi connectivity index (χ3n) is 7.84. The molecule has 7 rings (SSSR count). The van der Waals surface area contributed by atoms with Crippen molar-refractivity contribution in [3.63, 3.8) is 0 Å². The van der Waals surface area contributed by atoms with Crippen LogP contribution >= 0.6 is 46.3 Å². The van der Waals surface area contributed by atoms with Gasteiger partial charge in [-0.05, 0) is 72.4 Å². The minimum absolute atomic E-state index is 0.257. The minimum atomic E-state index is -0.425. The highest BCUT2D eigenvalue weighted by Crippen LogP contribution is 2.46. The molecule has 0 N–H and O–H groups in total. The van der Waals surface area contributed by atoms with Crippen LogP contribution in [0.3, 0.4) is 0 Å². The second kappa shape index (κ2) is 11.1. The van der Waals surface area contributed by atoms with Crippen LogP contribution in [0.2, 0.25) is 15.1 Å². The Morgan fingerprint density at radius 2 is 1.81 bits per heavy atom. The maximum absolute atomic E-state index is 12.1. The van der Waals surface area contributed by atoms with Crippen molar-refractivity contribution in [2.45, 2.75) is 31.3 Å². The second-order valence-electron chi connectivity index (χ2n) is 10.5. The van der Waals surface area contributed by atoms with E-state index in [1.165, 1.54) is 18.6 Å². The number of aromatic nitrogens is 2. The van der Waals surface area contributed by atoms with E-state index in [2.05, 4.69) is 20.5 Å². The van der Waals surface area contributed by atoms with Gasteiger partial charge in [0.15, 0.2) is 5.69 Å². The SMILES string of the molecule is COC(=O)c1nsc2ccc(N3CC(c4ccc(OCc5c(-c6c(Cl)cccc6Cl)noc5C5CC5)cc4Cl)C3)cc12. The zero-order valence-electron chi connectivity index (χ0n) is 22.4. The van der Waals surface area contributed by atoms with Gasteiger partial charge in [0.25, 0.3) is 0 Å². The number of carbonyl (C=O) groups is 1. The Balaban J connectivity index is 1.05. The lowest BCUT2D eigenvalue weighted by Crippen LogP contribution is -2.45. The van der Waals surface area contributed by atoms with Gasteiger partial charge in [0.1, 0.15) is 23.8 Å². The van der Waals surface area contributed by atoms with Crippen LogP contribution in [0.4, 0.5) is 5.69 Å². The molecule has 1 aliphatic carbocycles. The molecule has 0 spiro atoms. The van der Waals surface area contributed by atoms with E-state index in [4.69, 9.17) is 48.8 Å². The van der Waals surface area contributed by atoms with E-state index >= 15 is 0 Å². The quantitative estimate of drug-likeness (QED) is 0.157. The molecule has 1 saturated heterocycles. The molecule has 3 heterocycles. The number of halogens is 3. The van der Waals surface area contributed by atoms with E-state index in [0.29, 0.717) is 43.7 Å². The fourth-order valence-electron chi connectivity index (χ4n) is 5.39. The number of carbonyl (C=O) groups excluding carboxylic acids is 1. The highest BCUT2D eigenvalue weighted by molar-refractivity contribution is 7.13. The van der Waals surface area contributed by atoms with E-state index in [9.17, 15) is 4.79 Å². The fourth-order valence-corrected chi connectivity index (χ4v) is 7.03. The summed E-state index contributed by atoms with van der Waals surface area (Å²) in [6.07, 6.45) is 2.11. The van der Waals surface area contributed by atoms with Crippen molar-refractivity contribution in [1.82, 2.24) is 9.53 Å². The van der Waals surface area contributed by atoms with Crippen molar-refractivity contribution < 1.29 is 18.8 Å². The molecule has 2 fully saturated rings. The normalized spacial score (nSPS) is 15.2. The van der Waals surface area contributed by atoms with Crippen LogP contribution in [-0.4, -0.2) is 35.7 Å². The summed E-state index contributed by atoms with van der Waals surface area (Å²) in [6, 6.07) is 17.3. The molecule has 2 aromatic heterocycles. The molecule has 7 nitrogen and oxygen atoms in total. The average molecular weight is 641 g/mol. The maximum atomic E-state index is 12.1. The summed E-state index contributed by atoms with van der Waals surface area (Å²) in [5.74, 6) is 1.67. The Labute approximate surface area is 261 Å². The van der Waals surface area contributed by atoms with E-state index in [1.54, 1.807) is 18.2 Å². The van der Waals surface area contributed by atoms with E-state index in [0.717, 1.165) is 58.6 Å². The number of anilines is 1. The van der Waals surface area contributed by atoms with Gasteiger partial charge in [-0.1, -0.05) is 52.1 Å². The highest BCUT2D eigenvalue weighted by Gasteiger charge is 2.34. The number of rotatable bonds is 8. The molecule has 11 heteroatoms. The van der Waals surface area contributed by atoms with Gasteiger partial charge in [-0.3, -0.25) is 0 Å². The van der Waals surface area contributed by atoms with Crippen LogP contribution in [0, 0.1) is 0 Å². The topological polar surface area (TPSA) is 77.7 Å². The maximum Gasteiger partial charge on any atom is 0.358 e. The van der Waals surface area contributed by atoms with Crippen LogP contribution in [0.15, 0.2) is 59.1 Å². The summed E-state index contributed by atoms with van der Waals surface area (Å²) in [7, 11) is 1.37. The first-order valence-corrected chi connectivity index (χ1v) is 15.4. The molecular weight excluding hydrogens is 617 g/mol. The molecule has 214 valence electrons. The number of fused-ring (bicyclic) bond motifs is 1. The Hall–Kier alpha value is -3.30. The first-order valence-electron chi connectivity index (χ1n) is 13.5. The standard InChI is InChI=1S/C31H24Cl3N3O4S/c1-39-31(38)29-21-11-18(7-10-26(21)42-36-29)37-13-17(14-37)20-9-8-19(12-25(20)34)40-15-22-28(35-41-30(22)16-5-6-16)27-23(32)3-2-4-24(27)33/h2-4,7-12,16-17H,5-6,13-15H2,1H3. The lowest BCUT2D eigenvalue weighted by molar-refractivity contribution is 0.0598. The highest BCUT2D eigenvalue weighted by atomic mass is 35.5. The van der Waals surface area contributed by atoms with Crippen molar-refractivity contribution in [3.8, 4) is 17.0 Å². The summed E-state index contributed by atoms with van der Waals surface area (Å²) in [5, 5.41) is 6.83.